The number of hydrogen-bond donors (Lipinski definition) is 5. The number of aryl methyl sites for hydroxylation is 1. The molecule has 0 saturated carbocycles. The van der Waals surface area contributed by atoms with Gasteiger partial charge in [-0.1, -0.05) is 42.0 Å². The molecule has 5 N–H and O–H groups in total. The van der Waals surface area contributed by atoms with Crippen LogP contribution in [-0.2, 0) is 29.4 Å². The third-order valence-corrected chi connectivity index (χ3v) is 6.05. The number of aromatic carboxylic acids is 1. The van der Waals surface area contributed by atoms with Crippen LogP contribution in [0.25, 0.3) is 0 Å². The number of aromatic hydroxyl groups is 1. The van der Waals surface area contributed by atoms with E-state index in [-0.39, 0.29) is 30.1 Å². The van der Waals surface area contributed by atoms with E-state index in [0.29, 0.717) is 23.2 Å². The summed E-state index contributed by atoms with van der Waals surface area (Å²) in [4.78, 5) is 33.9. The lowest BCUT2D eigenvalue weighted by molar-refractivity contribution is -0.253. The molecule has 200 valence electrons. The van der Waals surface area contributed by atoms with Gasteiger partial charge in [0.1, 0.15) is 19.0 Å². The zero-order valence-corrected chi connectivity index (χ0v) is 21.2. The molecule has 0 bridgehead atoms. The summed E-state index contributed by atoms with van der Waals surface area (Å²) in [5, 5.41) is 30.6. The number of carboxylic acids is 1. The summed E-state index contributed by atoms with van der Waals surface area (Å²) in [5.41, 5.74) is 8.52. The molecule has 9 heteroatoms. The Labute approximate surface area is 225 Å². The monoisotopic (exact) mass is 528 g/mol. The van der Waals surface area contributed by atoms with Crippen LogP contribution in [0.3, 0.4) is 0 Å². The Bertz CT molecular complexity index is 1450. The molecule has 0 aliphatic rings. The van der Waals surface area contributed by atoms with Gasteiger partial charge in [-0.3, -0.25) is 20.4 Å². The number of anilines is 2. The predicted octanol–water partition coefficient (Wildman–Crippen LogP) is 5.78. The molecule has 4 rings (SSSR count). The lowest BCUT2D eigenvalue weighted by atomic mass is 10.0. The van der Waals surface area contributed by atoms with Crippen molar-refractivity contribution in [2.24, 2.45) is 0 Å². The smallest absolute Gasteiger partial charge is 0.336 e. The van der Waals surface area contributed by atoms with E-state index in [4.69, 9.17) is 10.1 Å². The molecule has 0 fully saturated rings. The van der Waals surface area contributed by atoms with E-state index < -0.39 is 11.9 Å². The average Bonchev–Trinajstić information content (AvgIpc) is 2.92. The fourth-order valence-electron chi connectivity index (χ4n) is 4.02. The quantitative estimate of drug-likeness (QED) is 0.122. The van der Waals surface area contributed by atoms with Gasteiger partial charge in [0.25, 0.3) is 5.91 Å². The number of carboxylic acid groups (broad SMARTS) is 1. The van der Waals surface area contributed by atoms with E-state index in [1.54, 1.807) is 43.3 Å². The second-order valence-electron chi connectivity index (χ2n) is 9.00. The summed E-state index contributed by atoms with van der Waals surface area (Å²) in [6, 6.07) is 24.4. The highest BCUT2D eigenvalue weighted by molar-refractivity contribution is 6.10. The summed E-state index contributed by atoms with van der Waals surface area (Å²) in [6.07, 6.45) is 0.671. The maximum atomic E-state index is 12.7. The Hall–Kier alpha value is -4.70. The van der Waals surface area contributed by atoms with Crippen molar-refractivity contribution >= 4 is 23.3 Å². The third-order valence-electron chi connectivity index (χ3n) is 6.05. The van der Waals surface area contributed by atoms with E-state index in [0.717, 1.165) is 22.4 Å². The highest BCUT2D eigenvalue weighted by atomic mass is 17.1. The number of nitrogens with one attached hydrogen (secondary N) is 2. The van der Waals surface area contributed by atoms with Gasteiger partial charge in [0.2, 0.25) is 0 Å². The minimum atomic E-state index is -1.15. The van der Waals surface area contributed by atoms with Gasteiger partial charge in [0.15, 0.2) is 0 Å². The maximum absolute atomic E-state index is 12.7. The van der Waals surface area contributed by atoms with Crippen LogP contribution in [0.2, 0.25) is 0 Å². The van der Waals surface area contributed by atoms with Crippen molar-refractivity contribution in [2.75, 3.05) is 10.8 Å². The highest BCUT2D eigenvalue weighted by Crippen LogP contribution is 2.21. The van der Waals surface area contributed by atoms with Crippen molar-refractivity contribution in [2.45, 2.75) is 26.6 Å². The van der Waals surface area contributed by atoms with Crippen molar-refractivity contribution in [3.63, 3.8) is 0 Å². The van der Waals surface area contributed by atoms with E-state index in [2.05, 4.69) is 15.7 Å². The fourth-order valence-corrected chi connectivity index (χ4v) is 4.02. The first kappa shape index (κ1) is 27.3. The number of benzene rings is 4. The van der Waals surface area contributed by atoms with E-state index in [1.807, 2.05) is 36.4 Å². The van der Waals surface area contributed by atoms with Crippen LogP contribution in [0.1, 0.15) is 48.5 Å². The van der Waals surface area contributed by atoms with Crippen LogP contribution >= 0.6 is 0 Å². The lowest BCUT2D eigenvalue weighted by Gasteiger charge is -2.12. The van der Waals surface area contributed by atoms with Crippen molar-refractivity contribution in [3.8, 4) is 5.75 Å². The minimum Gasteiger partial charge on any atom is -0.508 e. The molecule has 0 saturated heterocycles. The zero-order valence-electron chi connectivity index (χ0n) is 21.2. The summed E-state index contributed by atoms with van der Waals surface area (Å²) in [7, 11) is 0. The number of hydrogen-bond acceptors (Lipinski definition) is 7. The Morgan fingerprint density at radius 3 is 2.08 bits per heavy atom. The summed E-state index contributed by atoms with van der Waals surface area (Å²) in [6.45, 7) is 1.94. The van der Waals surface area contributed by atoms with Gasteiger partial charge < -0.3 is 15.5 Å². The Kier molecular flexibility index (Phi) is 8.90. The van der Waals surface area contributed by atoms with Gasteiger partial charge >= 0.3 is 5.97 Å². The lowest BCUT2D eigenvalue weighted by Crippen LogP contribution is -2.16. The molecule has 0 unspecified atom stereocenters. The molecule has 0 aliphatic heterocycles. The highest BCUT2D eigenvalue weighted by Gasteiger charge is 2.17. The Morgan fingerprint density at radius 1 is 0.769 bits per heavy atom. The molecule has 0 radical (unpaired) electrons. The molecule has 4 aromatic carbocycles. The minimum absolute atomic E-state index is 0.0145. The topological polar surface area (TPSA) is 137 Å². The van der Waals surface area contributed by atoms with Crippen LogP contribution in [-0.4, -0.2) is 27.3 Å². The first-order chi connectivity index (χ1) is 18.8. The first-order valence-corrected chi connectivity index (χ1v) is 12.1. The number of carbonyl (C=O) groups excluding carboxylic acids is 1. The number of amides is 1. The van der Waals surface area contributed by atoms with Gasteiger partial charge in [-0.25, -0.2) is 9.68 Å². The van der Waals surface area contributed by atoms with Crippen LogP contribution in [0, 0.1) is 6.92 Å². The van der Waals surface area contributed by atoms with Gasteiger partial charge in [0, 0.05) is 5.69 Å². The molecular formula is C30H28N2O7. The largest absolute Gasteiger partial charge is 0.508 e. The second kappa shape index (κ2) is 12.7. The molecule has 4 aromatic rings. The summed E-state index contributed by atoms with van der Waals surface area (Å²) in [5.74, 6) is -1.54. The van der Waals surface area contributed by atoms with Crippen molar-refractivity contribution in [1.29, 1.82) is 0 Å². The van der Waals surface area contributed by atoms with Gasteiger partial charge in [-0.15, -0.1) is 0 Å². The number of rotatable bonds is 11. The Balaban J connectivity index is 1.31. The normalized spacial score (nSPS) is 10.7. The number of phenolic OH excluding ortho intramolecular Hbond substituents is 1. The third kappa shape index (κ3) is 7.42. The standard InChI is InChI=1S/C30H28N2O7/c1-19-2-13-27(30(35)36)28(14-19)29(34)31-24-8-3-20(4-9-24)15-21-5-10-25(11-6-21)32-38-17-23-16-26(33)12-7-22(23)18-39-37/h2-14,16,32-33,37H,15,17-18H2,1H3,(H,31,34)(H,35,36). The average molecular weight is 529 g/mol. The SMILES string of the molecule is Cc1ccc(C(=O)O)c(C(=O)Nc2ccc(Cc3ccc(NOCc4cc(O)ccc4COO)cc3)cc2)c1. The van der Waals surface area contributed by atoms with Gasteiger partial charge in [-0.2, -0.15) is 0 Å². The van der Waals surface area contributed by atoms with Crippen LogP contribution in [0.15, 0.2) is 84.9 Å². The number of carbonyl (C=O) groups is 2. The predicted molar refractivity (Wildman–Crippen MR) is 146 cm³/mol. The fraction of sp³-hybridized carbons (Fsp3) is 0.133. The molecule has 0 spiro atoms. The molecule has 0 heterocycles. The van der Waals surface area contributed by atoms with E-state index >= 15 is 0 Å². The molecule has 39 heavy (non-hydrogen) atoms. The maximum Gasteiger partial charge on any atom is 0.336 e. The molecule has 0 aliphatic carbocycles. The van der Waals surface area contributed by atoms with Crippen molar-refractivity contribution in [3.05, 3.63) is 124 Å². The Morgan fingerprint density at radius 2 is 1.44 bits per heavy atom. The first-order valence-electron chi connectivity index (χ1n) is 12.1. The van der Waals surface area contributed by atoms with Crippen molar-refractivity contribution < 1.29 is 34.8 Å². The number of phenols is 1. The van der Waals surface area contributed by atoms with E-state index in [9.17, 15) is 19.8 Å². The second-order valence-corrected chi connectivity index (χ2v) is 9.00. The zero-order chi connectivity index (χ0) is 27.8. The molecule has 0 atom stereocenters. The van der Waals surface area contributed by atoms with Crippen LogP contribution in [0.5, 0.6) is 5.75 Å². The van der Waals surface area contributed by atoms with Crippen LogP contribution in [0.4, 0.5) is 11.4 Å². The van der Waals surface area contributed by atoms with Gasteiger partial charge in [-0.05, 0) is 84.1 Å². The molecular weight excluding hydrogens is 500 g/mol. The molecule has 9 nitrogen and oxygen atoms in total. The van der Waals surface area contributed by atoms with Crippen molar-refractivity contribution in [1.82, 2.24) is 0 Å². The molecule has 0 aromatic heterocycles. The summed E-state index contributed by atoms with van der Waals surface area (Å²) < 4.78 is 0. The van der Waals surface area contributed by atoms with Gasteiger partial charge in [0.05, 0.1) is 16.8 Å². The summed E-state index contributed by atoms with van der Waals surface area (Å²) >= 11 is 0. The molecule has 1 amide bonds. The van der Waals surface area contributed by atoms with Crippen LogP contribution < -0.4 is 10.8 Å². The van der Waals surface area contributed by atoms with E-state index in [1.165, 1.54) is 12.1 Å².